The molecule has 1 heterocycles. The van der Waals surface area contributed by atoms with Gasteiger partial charge in [0.2, 0.25) is 11.6 Å². The second-order valence-corrected chi connectivity index (χ2v) is 5.87. The molecule has 0 atom stereocenters. The lowest BCUT2D eigenvalue weighted by Gasteiger charge is -2.12. The van der Waals surface area contributed by atoms with Gasteiger partial charge < -0.3 is 10.6 Å². The van der Waals surface area contributed by atoms with Crippen LogP contribution in [0.15, 0.2) is 54.9 Å². The van der Waals surface area contributed by atoms with Gasteiger partial charge in [-0.1, -0.05) is 18.2 Å². The van der Waals surface area contributed by atoms with Crippen molar-refractivity contribution in [2.45, 2.75) is 13.1 Å². The van der Waals surface area contributed by atoms with Crippen LogP contribution in [0.1, 0.15) is 11.1 Å². The number of hydrogen-bond acceptors (Lipinski definition) is 6. The Labute approximate surface area is 157 Å². The molecule has 7 nitrogen and oxygen atoms in total. The molecule has 28 heavy (non-hydrogen) atoms. The topological polar surface area (TPSA) is 93.0 Å². The molecule has 2 aromatic carbocycles. The highest BCUT2D eigenvalue weighted by atomic mass is 19.4. The van der Waals surface area contributed by atoms with E-state index in [1.54, 1.807) is 18.2 Å². The number of hydrogen-bond donors (Lipinski definition) is 2. The van der Waals surface area contributed by atoms with E-state index in [0.717, 1.165) is 24.0 Å². The van der Waals surface area contributed by atoms with Gasteiger partial charge in [-0.15, -0.1) is 0 Å². The SMILES string of the molecule is Cc1cccc(Nc2ncnc(Nc3cccc(C(F)(F)F)c3)c2[N+](=O)[O-])c1. The van der Waals surface area contributed by atoms with Gasteiger partial charge in [0, 0.05) is 11.4 Å². The summed E-state index contributed by atoms with van der Waals surface area (Å²) in [4.78, 5) is 18.6. The van der Waals surface area contributed by atoms with Crippen LogP contribution >= 0.6 is 0 Å². The Kier molecular flexibility index (Phi) is 5.12. The molecule has 2 N–H and O–H groups in total. The first-order chi connectivity index (χ1) is 13.2. The Hall–Kier alpha value is -3.69. The summed E-state index contributed by atoms with van der Waals surface area (Å²) in [5.74, 6) is -0.311. The summed E-state index contributed by atoms with van der Waals surface area (Å²) >= 11 is 0. The molecule has 0 saturated heterocycles. The summed E-state index contributed by atoms with van der Waals surface area (Å²) in [7, 11) is 0. The fraction of sp³-hybridized carbons (Fsp3) is 0.111. The predicted octanol–water partition coefficient (Wildman–Crippen LogP) is 5.20. The monoisotopic (exact) mass is 389 g/mol. The van der Waals surface area contributed by atoms with Gasteiger partial charge in [-0.05, 0) is 42.8 Å². The molecule has 0 saturated carbocycles. The van der Waals surface area contributed by atoms with Crippen LogP contribution in [0.4, 0.5) is 41.9 Å². The largest absolute Gasteiger partial charge is 0.416 e. The van der Waals surface area contributed by atoms with Crippen molar-refractivity contribution in [3.63, 3.8) is 0 Å². The number of benzene rings is 2. The second-order valence-electron chi connectivity index (χ2n) is 5.87. The first-order valence-corrected chi connectivity index (χ1v) is 8.01. The van der Waals surface area contributed by atoms with Gasteiger partial charge in [0.15, 0.2) is 0 Å². The van der Waals surface area contributed by atoms with Crippen molar-refractivity contribution in [1.29, 1.82) is 0 Å². The van der Waals surface area contributed by atoms with E-state index >= 15 is 0 Å². The minimum absolute atomic E-state index is 0.0122. The average molecular weight is 389 g/mol. The third-order valence-corrected chi connectivity index (χ3v) is 3.74. The van der Waals surface area contributed by atoms with Crippen molar-refractivity contribution < 1.29 is 18.1 Å². The molecule has 0 unspecified atom stereocenters. The van der Waals surface area contributed by atoms with Gasteiger partial charge in [0.1, 0.15) is 6.33 Å². The lowest BCUT2D eigenvalue weighted by Crippen LogP contribution is -2.07. The first-order valence-electron chi connectivity index (χ1n) is 8.01. The van der Waals surface area contributed by atoms with Crippen LogP contribution in [0.3, 0.4) is 0 Å². The minimum Gasteiger partial charge on any atom is -0.334 e. The maximum Gasteiger partial charge on any atom is 0.416 e. The Morgan fingerprint density at radius 1 is 0.964 bits per heavy atom. The Morgan fingerprint density at radius 2 is 1.54 bits per heavy atom. The molecular formula is C18H14F3N5O2. The summed E-state index contributed by atoms with van der Waals surface area (Å²) in [5, 5.41) is 17.0. The normalized spacial score (nSPS) is 11.1. The molecule has 0 radical (unpaired) electrons. The number of anilines is 4. The van der Waals surface area contributed by atoms with Crippen LogP contribution in [-0.2, 0) is 6.18 Å². The maximum absolute atomic E-state index is 12.9. The Balaban J connectivity index is 1.97. The second kappa shape index (κ2) is 7.51. The fourth-order valence-corrected chi connectivity index (χ4v) is 2.50. The van der Waals surface area contributed by atoms with Crippen molar-refractivity contribution >= 4 is 28.7 Å². The van der Waals surface area contributed by atoms with Gasteiger partial charge in [0.25, 0.3) is 0 Å². The molecule has 10 heteroatoms. The summed E-state index contributed by atoms with van der Waals surface area (Å²) in [6.07, 6.45) is -3.45. The third kappa shape index (κ3) is 4.34. The molecule has 144 valence electrons. The third-order valence-electron chi connectivity index (χ3n) is 3.74. The highest BCUT2D eigenvalue weighted by molar-refractivity contribution is 5.76. The zero-order valence-corrected chi connectivity index (χ0v) is 14.5. The van der Waals surface area contributed by atoms with E-state index in [1.165, 1.54) is 12.1 Å². The summed E-state index contributed by atoms with van der Waals surface area (Å²) in [6.45, 7) is 1.86. The van der Waals surface area contributed by atoms with Gasteiger partial charge >= 0.3 is 11.9 Å². The number of rotatable bonds is 5. The van der Waals surface area contributed by atoms with Crippen molar-refractivity contribution in [3.8, 4) is 0 Å². The highest BCUT2D eigenvalue weighted by Crippen LogP contribution is 2.35. The lowest BCUT2D eigenvalue weighted by atomic mass is 10.2. The van der Waals surface area contributed by atoms with E-state index in [4.69, 9.17) is 0 Å². The molecule has 0 aliphatic carbocycles. The lowest BCUT2D eigenvalue weighted by molar-refractivity contribution is -0.383. The van der Waals surface area contributed by atoms with E-state index in [2.05, 4.69) is 20.6 Å². The van der Waals surface area contributed by atoms with Crippen LogP contribution in [0.2, 0.25) is 0 Å². The maximum atomic E-state index is 12.9. The molecule has 3 aromatic rings. The molecule has 0 aliphatic rings. The molecule has 0 amide bonds. The van der Waals surface area contributed by atoms with Crippen molar-refractivity contribution in [2.24, 2.45) is 0 Å². The number of nitrogens with zero attached hydrogens (tertiary/aromatic N) is 3. The summed E-state index contributed by atoms with van der Waals surface area (Å²) < 4.78 is 38.6. The van der Waals surface area contributed by atoms with E-state index in [-0.39, 0.29) is 17.3 Å². The highest BCUT2D eigenvalue weighted by Gasteiger charge is 2.31. The van der Waals surface area contributed by atoms with Crippen LogP contribution in [0.25, 0.3) is 0 Å². The molecule has 0 bridgehead atoms. The van der Waals surface area contributed by atoms with Crippen LogP contribution in [0, 0.1) is 17.0 Å². The van der Waals surface area contributed by atoms with E-state index in [0.29, 0.717) is 5.69 Å². The van der Waals surface area contributed by atoms with Gasteiger partial charge in [-0.3, -0.25) is 10.1 Å². The van der Waals surface area contributed by atoms with Gasteiger partial charge in [0.05, 0.1) is 10.5 Å². The molecule has 1 aromatic heterocycles. The van der Waals surface area contributed by atoms with E-state index in [9.17, 15) is 23.3 Å². The molecule has 0 aliphatic heterocycles. The van der Waals surface area contributed by atoms with Gasteiger partial charge in [-0.25, -0.2) is 9.97 Å². The number of alkyl halides is 3. The van der Waals surface area contributed by atoms with Crippen LogP contribution in [0.5, 0.6) is 0 Å². The molecule has 3 rings (SSSR count). The van der Waals surface area contributed by atoms with Crippen molar-refractivity contribution in [3.05, 3.63) is 76.1 Å². The summed E-state index contributed by atoms with van der Waals surface area (Å²) in [6, 6.07) is 11.4. The van der Waals surface area contributed by atoms with Crippen molar-refractivity contribution in [1.82, 2.24) is 9.97 Å². The average Bonchev–Trinajstić information content (AvgIpc) is 2.61. The van der Waals surface area contributed by atoms with E-state index < -0.39 is 22.4 Å². The van der Waals surface area contributed by atoms with E-state index in [1.807, 2.05) is 13.0 Å². The molecule has 0 fully saturated rings. The van der Waals surface area contributed by atoms with Crippen LogP contribution < -0.4 is 10.6 Å². The minimum atomic E-state index is -4.53. The number of aryl methyl sites for hydroxylation is 1. The number of nitro groups is 1. The van der Waals surface area contributed by atoms with Gasteiger partial charge in [-0.2, -0.15) is 13.2 Å². The zero-order valence-electron chi connectivity index (χ0n) is 14.5. The summed E-state index contributed by atoms with van der Waals surface area (Å²) in [5.41, 5.74) is 0.155. The number of nitrogens with one attached hydrogen (secondary N) is 2. The first kappa shape index (κ1) is 19.1. The molecular weight excluding hydrogens is 375 g/mol. The Bertz CT molecular complexity index is 1020. The predicted molar refractivity (Wildman–Crippen MR) is 97.9 cm³/mol. The fourth-order valence-electron chi connectivity index (χ4n) is 2.50. The zero-order chi connectivity index (χ0) is 20.3. The van der Waals surface area contributed by atoms with Crippen molar-refractivity contribution in [2.75, 3.05) is 10.6 Å². The quantitative estimate of drug-likeness (QED) is 0.460. The van der Waals surface area contributed by atoms with Crippen LogP contribution in [-0.4, -0.2) is 14.9 Å². The number of aromatic nitrogens is 2. The standard InChI is InChI=1S/C18H14F3N5O2/c1-11-4-2-6-13(8-11)24-16-15(26(27)28)17(23-10-22-16)25-14-7-3-5-12(9-14)18(19,20)21/h2-10H,1H3,(H2,22,23,24,25). The molecule has 0 spiro atoms. The Morgan fingerprint density at radius 3 is 2.07 bits per heavy atom. The smallest absolute Gasteiger partial charge is 0.334 e. The number of halogens is 3.